The Balaban J connectivity index is 1.47. The molecule has 2 saturated heterocycles. The topological polar surface area (TPSA) is 122 Å². The van der Waals surface area contributed by atoms with Gasteiger partial charge < -0.3 is 10.1 Å². The first kappa shape index (κ1) is 23.8. The lowest BCUT2D eigenvalue weighted by Crippen LogP contribution is -2.32. The van der Waals surface area contributed by atoms with E-state index in [4.69, 9.17) is 4.74 Å². The molecule has 0 aliphatic carbocycles. The van der Waals surface area contributed by atoms with Crippen LogP contribution in [0.5, 0.6) is 0 Å². The minimum absolute atomic E-state index is 0.0292. The summed E-state index contributed by atoms with van der Waals surface area (Å²) in [7, 11) is -7.42. The van der Waals surface area contributed by atoms with Gasteiger partial charge >= 0.3 is 0 Å². The van der Waals surface area contributed by atoms with E-state index < -0.39 is 26.0 Å². The van der Waals surface area contributed by atoms with Crippen LogP contribution < -0.4 is 10.0 Å². The van der Waals surface area contributed by atoms with Gasteiger partial charge in [-0.3, -0.25) is 4.79 Å². The van der Waals surface area contributed by atoms with Crippen LogP contribution in [-0.2, 0) is 24.8 Å². The molecule has 2 aliphatic heterocycles. The van der Waals surface area contributed by atoms with Crippen LogP contribution >= 0.6 is 0 Å². The second-order valence-corrected chi connectivity index (χ2v) is 11.8. The Morgan fingerprint density at radius 2 is 1.70 bits per heavy atom. The lowest BCUT2D eigenvalue weighted by Gasteiger charge is -2.16. The van der Waals surface area contributed by atoms with Crippen molar-refractivity contribution in [3.05, 3.63) is 54.1 Å². The van der Waals surface area contributed by atoms with Crippen molar-refractivity contribution in [1.29, 1.82) is 0 Å². The standard InChI is InChI=1S/C22H27N3O6S2/c26-22(24-18-7-4-10-21(15-18)33(29,30)25-11-1-2-12-25)17-6-3-9-20(14-17)32(27,28)23-16-19-8-5-13-31-19/h3-4,6-7,9-10,14-15,19,23H,1-2,5,8,11-13,16H2,(H,24,26)/t19-/m1/s1. The quantitative estimate of drug-likeness (QED) is 0.581. The molecule has 4 rings (SSSR count). The fourth-order valence-corrected chi connectivity index (χ4v) is 6.59. The monoisotopic (exact) mass is 493 g/mol. The average molecular weight is 494 g/mol. The fraction of sp³-hybridized carbons (Fsp3) is 0.409. The van der Waals surface area contributed by atoms with Crippen molar-refractivity contribution in [3.8, 4) is 0 Å². The third-order valence-electron chi connectivity index (χ3n) is 5.73. The third kappa shape index (κ3) is 5.61. The molecular weight excluding hydrogens is 466 g/mol. The summed E-state index contributed by atoms with van der Waals surface area (Å²) in [5.41, 5.74) is 0.452. The summed E-state index contributed by atoms with van der Waals surface area (Å²) in [5, 5.41) is 2.66. The van der Waals surface area contributed by atoms with E-state index in [2.05, 4.69) is 10.0 Å². The van der Waals surface area contributed by atoms with Crippen LogP contribution in [0.4, 0.5) is 5.69 Å². The highest BCUT2D eigenvalue weighted by atomic mass is 32.2. The minimum atomic E-state index is -3.81. The number of nitrogens with one attached hydrogen (secondary N) is 2. The Kier molecular flexibility index (Phi) is 7.15. The number of hydrogen-bond acceptors (Lipinski definition) is 6. The lowest BCUT2D eigenvalue weighted by atomic mass is 10.2. The van der Waals surface area contributed by atoms with E-state index >= 15 is 0 Å². The van der Waals surface area contributed by atoms with Gasteiger partial charge in [-0.05, 0) is 62.1 Å². The van der Waals surface area contributed by atoms with Crippen LogP contribution in [0.25, 0.3) is 0 Å². The molecule has 1 amide bonds. The predicted molar refractivity (Wildman–Crippen MR) is 123 cm³/mol. The van der Waals surface area contributed by atoms with Gasteiger partial charge in [-0.2, -0.15) is 4.31 Å². The van der Waals surface area contributed by atoms with E-state index in [-0.39, 0.29) is 28.0 Å². The van der Waals surface area contributed by atoms with E-state index in [1.54, 1.807) is 12.1 Å². The number of hydrogen-bond donors (Lipinski definition) is 2. The lowest BCUT2D eigenvalue weighted by molar-refractivity contribution is 0.102. The Bertz CT molecular complexity index is 1220. The number of rotatable bonds is 8. The molecule has 2 heterocycles. The molecule has 0 spiro atoms. The highest BCUT2D eigenvalue weighted by Gasteiger charge is 2.27. The number of nitrogens with zero attached hydrogens (tertiary/aromatic N) is 1. The molecule has 2 aromatic carbocycles. The van der Waals surface area contributed by atoms with Gasteiger partial charge in [-0.15, -0.1) is 0 Å². The maximum Gasteiger partial charge on any atom is 0.255 e. The van der Waals surface area contributed by atoms with Gasteiger partial charge in [0.05, 0.1) is 15.9 Å². The number of anilines is 1. The molecule has 2 N–H and O–H groups in total. The molecule has 0 unspecified atom stereocenters. The van der Waals surface area contributed by atoms with Gasteiger partial charge in [-0.1, -0.05) is 12.1 Å². The molecule has 9 nitrogen and oxygen atoms in total. The van der Waals surface area contributed by atoms with Crippen molar-refractivity contribution >= 4 is 31.6 Å². The van der Waals surface area contributed by atoms with Crippen LogP contribution in [0.15, 0.2) is 58.3 Å². The van der Waals surface area contributed by atoms with E-state index in [0.717, 1.165) is 25.7 Å². The summed E-state index contributed by atoms with van der Waals surface area (Å²) >= 11 is 0. The van der Waals surface area contributed by atoms with Gasteiger partial charge in [0, 0.05) is 37.5 Å². The predicted octanol–water partition coefficient (Wildman–Crippen LogP) is 2.18. The third-order valence-corrected chi connectivity index (χ3v) is 9.04. The molecule has 2 aliphatic rings. The fourth-order valence-electron chi connectivity index (χ4n) is 3.91. The first-order valence-corrected chi connectivity index (χ1v) is 13.8. The highest BCUT2D eigenvalue weighted by molar-refractivity contribution is 7.89. The Labute approximate surface area is 194 Å². The molecule has 178 valence electrons. The van der Waals surface area contributed by atoms with Crippen molar-refractivity contribution in [2.75, 3.05) is 31.6 Å². The molecule has 0 bridgehead atoms. The molecule has 11 heteroatoms. The van der Waals surface area contributed by atoms with E-state index in [1.165, 1.54) is 40.7 Å². The highest BCUT2D eigenvalue weighted by Crippen LogP contribution is 2.23. The summed E-state index contributed by atoms with van der Waals surface area (Å²) in [6.45, 7) is 1.78. The number of ether oxygens (including phenoxy) is 1. The zero-order chi connectivity index (χ0) is 23.5. The van der Waals surface area contributed by atoms with Crippen molar-refractivity contribution < 1.29 is 26.4 Å². The number of benzene rings is 2. The van der Waals surface area contributed by atoms with Gasteiger partial charge in [0.1, 0.15) is 0 Å². The number of sulfonamides is 2. The van der Waals surface area contributed by atoms with Crippen LogP contribution in [0.1, 0.15) is 36.0 Å². The van der Waals surface area contributed by atoms with Crippen LogP contribution in [-0.4, -0.2) is 59.4 Å². The summed E-state index contributed by atoms with van der Waals surface area (Å²) in [6.07, 6.45) is 3.23. The smallest absolute Gasteiger partial charge is 0.255 e. The Morgan fingerprint density at radius 3 is 2.42 bits per heavy atom. The molecule has 0 radical (unpaired) electrons. The second-order valence-electron chi connectivity index (χ2n) is 8.11. The zero-order valence-corrected chi connectivity index (χ0v) is 19.7. The van der Waals surface area contributed by atoms with E-state index in [1.807, 2.05) is 0 Å². The normalized spacial score (nSPS) is 19.6. The molecule has 2 fully saturated rings. The Morgan fingerprint density at radius 1 is 0.970 bits per heavy atom. The molecule has 1 atom stereocenters. The number of amides is 1. The van der Waals surface area contributed by atoms with Gasteiger partial charge in [0.25, 0.3) is 5.91 Å². The van der Waals surface area contributed by atoms with E-state index in [9.17, 15) is 21.6 Å². The summed E-state index contributed by atoms with van der Waals surface area (Å²) in [6, 6.07) is 11.8. The number of carbonyl (C=O) groups is 1. The van der Waals surface area contributed by atoms with E-state index in [0.29, 0.717) is 25.4 Å². The van der Waals surface area contributed by atoms with Crippen molar-refractivity contribution in [3.63, 3.8) is 0 Å². The second kappa shape index (κ2) is 9.90. The summed E-state index contributed by atoms with van der Waals surface area (Å²) in [5.74, 6) is -0.540. The van der Waals surface area contributed by atoms with Gasteiger partial charge in [-0.25, -0.2) is 21.6 Å². The van der Waals surface area contributed by atoms with Crippen LogP contribution in [0.3, 0.4) is 0 Å². The van der Waals surface area contributed by atoms with Crippen molar-refractivity contribution in [2.45, 2.75) is 41.6 Å². The maximum atomic E-state index is 12.8. The van der Waals surface area contributed by atoms with Crippen molar-refractivity contribution in [2.24, 2.45) is 0 Å². The zero-order valence-electron chi connectivity index (χ0n) is 18.1. The van der Waals surface area contributed by atoms with Crippen LogP contribution in [0, 0.1) is 0 Å². The number of carbonyl (C=O) groups excluding carboxylic acids is 1. The Hall–Kier alpha value is -2.31. The maximum absolute atomic E-state index is 12.8. The molecular formula is C22H27N3O6S2. The van der Waals surface area contributed by atoms with Crippen molar-refractivity contribution in [1.82, 2.24) is 9.03 Å². The average Bonchev–Trinajstić information content (AvgIpc) is 3.53. The first-order chi connectivity index (χ1) is 15.8. The molecule has 0 aromatic heterocycles. The van der Waals surface area contributed by atoms with Crippen LogP contribution in [0.2, 0.25) is 0 Å². The SMILES string of the molecule is O=C(Nc1cccc(S(=O)(=O)N2CCCC2)c1)c1cccc(S(=O)(=O)NC[C@H]2CCCO2)c1. The summed E-state index contributed by atoms with van der Waals surface area (Å²) in [4.78, 5) is 12.9. The first-order valence-electron chi connectivity index (χ1n) is 10.9. The molecule has 2 aromatic rings. The molecule has 0 saturated carbocycles. The molecule has 33 heavy (non-hydrogen) atoms. The largest absolute Gasteiger partial charge is 0.377 e. The minimum Gasteiger partial charge on any atom is -0.377 e. The summed E-state index contributed by atoms with van der Waals surface area (Å²) < 4.78 is 60.2. The van der Waals surface area contributed by atoms with Gasteiger partial charge in [0.15, 0.2) is 0 Å². The van der Waals surface area contributed by atoms with Gasteiger partial charge in [0.2, 0.25) is 20.0 Å².